The Bertz CT molecular complexity index is 10100. The van der Waals surface area contributed by atoms with Crippen LogP contribution in [0.15, 0.2) is 579 Å². The lowest BCUT2D eigenvalue weighted by atomic mass is 9.91. The van der Waals surface area contributed by atoms with Crippen molar-refractivity contribution in [3.63, 3.8) is 0 Å². The van der Waals surface area contributed by atoms with Gasteiger partial charge in [-0.05, 0) is 287 Å². The summed E-state index contributed by atoms with van der Waals surface area (Å²) in [7, 11) is 0. The third-order valence-corrected chi connectivity index (χ3v) is 30.3. The first-order valence-corrected chi connectivity index (χ1v) is 51.4. The highest BCUT2D eigenvalue weighted by Gasteiger charge is 2.26. The smallest absolute Gasteiger partial charge is 0.143 e. The van der Waals surface area contributed by atoms with Crippen LogP contribution in [0.4, 0.5) is 68.2 Å². The first-order chi connectivity index (χ1) is 74.4. The average Bonchev–Trinajstić information content (AvgIpc) is 1.21. The lowest BCUT2D eigenvalue weighted by molar-refractivity contribution is 0.669. The molecule has 150 heavy (non-hydrogen) atoms. The van der Waals surface area contributed by atoms with E-state index < -0.39 is 0 Å². The maximum atomic E-state index is 6.55. The first kappa shape index (κ1) is 87.8. The predicted molar refractivity (Wildman–Crippen MR) is 636 cm³/mol. The van der Waals surface area contributed by atoms with E-state index in [-0.39, 0.29) is 0 Å². The highest BCUT2D eigenvalue weighted by atomic mass is 16.3. The Morgan fingerprint density at radius 3 is 0.680 bits per heavy atom. The molecule has 0 aliphatic heterocycles. The summed E-state index contributed by atoms with van der Waals surface area (Å²) in [6.07, 6.45) is 0. The number of para-hydroxylation sites is 8. The minimum absolute atomic E-state index is 0.903. The highest BCUT2D eigenvalue weighted by Crippen LogP contribution is 2.52. The van der Waals surface area contributed by atoms with E-state index in [1.807, 2.05) is 18.2 Å². The topological polar surface area (TPSA) is 39.2 Å². The molecule has 0 saturated carbocycles. The average molecular weight is 1910 g/mol. The predicted octanol–water partition coefficient (Wildman–Crippen LogP) is 41.4. The fraction of sp³-hybridized carbons (Fsp3) is 0. The molecule has 29 rings (SSSR count). The summed E-state index contributed by atoms with van der Waals surface area (Å²) in [6, 6.07) is 207. The van der Waals surface area contributed by atoms with Crippen LogP contribution in [-0.4, -0.2) is 0 Å². The van der Waals surface area contributed by atoms with Gasteiger partial charge >= 0.3 is 0 Å². The van der Waals surface area contributed by atoms with Crippen LogP contribution >= 0.6 is 0 Å². The second-order valence-corrected chi connectivity index (χ2v) is 38.7. The summed E-state index contributed by atoms with van der Waals surface area (Å²) in [5.41, 5.74) is 30.6. The van der Waals surface area contributed by atoms with Crippen LogP contribution in [0.25, 0.3) is 208 Å². The summed E-state index contributed by atoms with van der Waals surface area (Å²) in [4.78, 5) is 9.51. The molecule has 0 spiro atoms. The zero-order valence-electron chi connectivity index (χ0n) is 81.9. The Hall–Kier alpha value is -19.9. The van der Waals surface area contributed by atoms with Gasteiger partial charge in [-0.1, -0.05) is 425 Å². The number of furan rings is 2. The van der Waals surface area contributed by atoms with E-state index in [9.17, 15) is 0 Å². The van der Waals surface area contributed by atoms with E-state index in [0.717, 1.165) is 162 Å². The monoisotopic (exact) mass is 1910 g/mol. The molecular formula is C144H94N4O2. The van der Waals surface area contributed by atoms with Crippen molar-refractivity contribution in [3.8, 4) is 66.8 Å². The molecular weight excluding hydrogens is 1820 g/mol. The van der Waals surface area contributed by atoms with Crippen molar-refractivity contribution >= 4 is 209 Å². The summed E-state index contributed by atoms with van der Waals surface area (Å²) in [5, 5.41) is 26.7. The summed E-state index contributed by atoms with van der Waals surface area (Å²) in [5.74, 6) is 0. The molecule has 2 heterocycles. The molecule has 27 aromatic carbocycles. The molecule has 0 unspecified atom stereocenters. The summed E-state index contributed by atoms with van der Waals surface area (Å²) in [6.45, 7) is 0. The largest absolute Gasteiger partial charge is 0.455 e. The number of nitrogens with zero attached hydrogens (tertiary/aromatic N) is 4. The molecule has 0 atom stereocenters. The Balaban J connectivity index is 0.000000144. The van der Waals surface area contributed by atoms with E-state index in [2.05, 4.69) is 572 Å². The van der Waals surface area contributed by atoms with E-state index >= 15 is 0 Å². The first-order valence-electron chi connectivity index (χ1n) is 51.4. The van der Waals surface area contributed by atoms with Gasteiger partial charge in [-0.25, -0.2) is 0 Å². The number of anilines is 12. The van der Waals surface area contributed by atoms with Gasteiger partial charge in [-0.3, -0.25) is 0 Å². The molecule has 0 aliphatic carbocycles. The number of fused-ring (bicyclic) bond motifs is 21. The number of benzene rings is 27. The Kier molecular flexibility index (Phi) is 21.9. The summed E-state index contributed by atoms with van der Waals surface area (Å²) < 4.78 is 13.0. The van der Waals surface area contributed by atoms with Crippen molar-refractivity contribution in [3.05, 3.63) is 570 Å². The molecule has 6 heteroatoms. The van der Waals surface area contributed by atoms with Gasteiger partial charge in [0.2, 0.25) is 0 Å². The van der Waals surface area contributed by atoms with Crippen molar-refractivity contribution in [1.82, 2.24) is 0 Å². The zero-order valence-corrected chi connectivity index (χ0v) is 81.9. The maximum absolute atomic E-state index is 6.55. The fourth-order valence-electron chi connectivity index (χ4n) is 23.3. The molecule has 0 amide bonds. The molecule has 0 bridgehead atoms. The normalized spacial score (nSPS) is 11.6. The molecule has 6 nitrogen and oxygen atoms in total. The second-order valence-electron chi connectivity index (χ2n) is 38.7. The van der Waals surface area contributed by atoms with E-state index in [4.69, 9.17) is 8.83 Å². The molecule has 0 radical (unpaired) electrons. The maximum Gasteiger partial charge on any atom is 0.143 e. The van der Waals surface area contributed by atoms with E-state index in [1.165, 1.54) is 114 Å². The summed E-state index contributed by atoms with van der Waals surface area (Å²) >= 11 is 0. The Morgan fingerprint density at radius 2 is 0.327 bits per heavy atom. The van der Waals surface area contributed by atoms with Gasteiger partial charge in [0.1, 0.15) is 22.3 Å². The van der Waals surface area contributed by atoms with Crippen molar-refractivity contribution < 1.29 is 8.83 Å². The van der Waals surface area contributed by atoms with E-state index in [0.29, 0.717) is 0 Å². The van der Waals surface area contributed by atoms with Crippen molar-refractivity contribution in [2.45, 2.75) is 0 Å². The van der Waals surface area contributed by atoms with Gasteiger partial charge < -0.3 is 28.4 Å². The van der Waals surface area contributed by atoms with Gasteiger partial charge in [0.15, 0.2) is 0 Å². The minimum Gasteiger partial charge on any atom is -0.455 e. The van der Waals surface area contributed by atoms with Crippen LogP contribution in [0, 0.1) is 0 Å². The zero-order chi connectivity index (χ0) is 99.1. The molecule has 702 valence electrons. The van der Waals surface area contributed by atoms with Crippen LogP contribution in [0.3, 0.4) is 0 Å². The van der Waals surface area contributed by atoms with Crippen LogP contribution in [0.5, 0.6) is 0 Å². The van der Waals surface area contributed by atoms with Crippen LogP contribution in [0.2, 0.25) is 0 Å². The van der Waals surface area contributed by atoms with Crippen LogP contribution in [-0.2, 0) is 0 Å². The molecule has 0 aliphatic rings. The van der Waals surface area contributed by atoms with E-state index in [1.54, 1.807) is 0 Å². The van der Waals surface area contributed by atoms with Gasteiger partial charge in [-0.2, -0.15) is 0 Å². The number of hydrogen-bond acceptors (Lipinski definition) is 6. The minimum atomic E-state index is 0.903. The highest BCUT2D eigenvalue weighted by molar-refractivity contribution is 6.28. The van der Waals surface area contributed by atoms with Gasteiger partial charge in [-0.15, -0.1) is 0 Å². The second kappa shape index (κ2) is 37.4. The van der Waals surface area contributed by atoms with Crippen molar-refractivity contribution in [2.24, 2.45) is 0 Å². The van der Waals surface area contributed by atoms with Crippen molar-refractivity contribution in [1.29, 1.82) is 0 Å². The number of hydrogen-bond donors (Lipinski definition) is 0. The molecule has 0 saturated heterocycles. The molecule has 29 aromatic rings. The Labute approximate surface area is 868 Å². The van der Waals surface area contributed by atoms with Gasteiger partial charge in [0, 0.05) is 100 Å². The Morgan fingerprint density at radius 1 is 0.107 bits per heavy atom. The third kappa shape index (κ3) is 15.4. The van der Waals surface area contributed by atoms with Crippen LogP contribution < -0.4 is 19.6 Å². The quantitative estimate of drug-likeness (QED) is 0.0798. The molecule has 2 aromatic heterocycles. The number of rotatable bonds is 18. The van der Waals surface area contributed by atoms with Crippen molar-refractivity contribution in [2.75, 3.05) is 19.6 Å². The SMILES string of the molecule is c1ccc(N(c2ccccc2)c2ccc(-c3ccc(N(c4ccc(-c5ccc(-c6cccc7c6oc6ccccc67)c6ccccc56)cc4)c4ccc5c6ccccc6c6ccccc6c5c4)cc3)c3ccccc23)cc1.c1ccc(N(c2ccccc2)c2ccc(-c3ccc(N(c4ccc(-c5ccc(-c6cccc7c6oc6ccccc67)cc5)cc4)c4ccc5c6ccccc6c6ccccc6c5c4)cc3)c3ccccc23)cc1. The third-order valence-electron chi connectivity index (χ3n) is 30.3. The van der Waals surface area contributed by atoms with Crippen LogP contribution in [0.1, 0.15) is 0 Å². The molecule has 0 fully saturated rings. The fourth-order valence-corrected chi connectivity index (χ4v) is 23.3. The lowest BCUT2D eigenvalue weighted by Crippen LogP contribution is -2.10. The van der Waals surface area contributed by atoms with Gasteiger partial charge in [0.25, 0.3) is 0 Å². The van der Waals surface area contributed by atoms with Gasteiger partial charge in [0.05, 0.1) is 11.4 Å². The standard InChI is InChI=1S/C74H48N2O.C70H46N2O/c1-3-18-51(19-4-1)76(52-20-5-2-6-21-52)72-47-46-57(59-23-13-14-29-67(59)72)50-36-40-54(41-37-50)75(55-42-43-66-63-27-10-9-25-61(63)62-26-11-12-28-64(62)71(66)48-55)53-38-34-49(35-39-53)56-44-45-65(60-24-8-7-22-58(56)60)69-31-17-32-70-68-30-15-16-33-73(68)77-74(69)70;1-3-16-51(17-4-1)72(52-18-5-2-6-19-52)68-45-44-56(58-20-11-12-25-64(58)68)49-36-40-54(41-37-49)71(55-42-43-63-61-23-8-7-21-59(61)60-22-9-10-24-62(60)67(63)46-55)53-38-34-48(35-39-53)47-30-32-50(33-31-47)57-27-15-28-66-65-26-13-14-29-69(65)73-70(57)66/h1-48H;1-46H. The lowest BCUT2D eigenvalue weighted by Gasteiger charge is -2.28. The molecule has 0 N–H and O–H groups in total.